The monoisotopic (exact) mass is 281 g/mol. The van der Waals surface area contributed by atoms with Crippen molar-refractivity contribution in [2.24, 2.45) is 10.4 Å². The van der Waals surface area contributed by atoms with Crippen molar-refractivity contribution in [2.45, 2.75) is 40.0 Å². The van der Waals surface area contributed by atoms with Crippen LogP contribution >= 0.6 is 11.3 Å². The van der Waals surface area contributed by atoms with E-state index in [-0.39, 0.29) is 0 Å². The maximum absolute atomic E-state index is 4.26. The van der Waals surface area contributed by atoms with E-state index in [0.29, 0.717) is 11.3 Å². The molecule has 4 heteroatoms. The van der Waals surface area contributed by atoms with E-state index < -0.39 is 0 Å². The SMILES string of the molecule is CN=C(NCCC(C)(C)C)NCC(C)c1cccs1. The van der Waals surface area contributed by atoms with Crippen LogP contribution in [0, 0.1) is 5.41 Å². The number of aliphatic imine (C=N–C) groups is 1. The quantitative estimate of drug-likeness (QED) is 0.640. The van der Waals surface area contributed by atoms with Gasteiger partial charge in [0.15, 0.2) is 5.96 Å². The van der Waals surface area contributed by atoms with Gasteiger partial charge in [0, 0.05) is 30.9 Å². The van der Waals surface area contributed by atoms with Crippen LogP contribution in [0.25, 0.3) is 0 Å². The molecule has 0 fully saturated rings. The summed E-state index contributed by atoms with van der Waals surface area (Å²) in [5.74, 6) is 1.41. The van der Waals surface area contributed by atoms with Crippen molar-refractivity contribution >= 4 is 17.3 Å². The molecular weight excluding hydrogens is 254 g/mol. The standard InChI is InChI=1S/C15H27N3S/c1-12(13-7-6-10-19-13)11-18-14(16-5)17-9-8-15(2,3)4/h6-7,10,12H,8-9,11H2,1-5H3,(H2,16,17,18). The molecule has 0 saturated heterocycles. The van der Waals surface area contributed by atoms with Crippen LogP contribution in [-0.4, -0.2) is 26.1 Å². The highest BCUT2D eigenvalue weighted by Gasteiger charge is 2.10. The van der Waals surface area contributed by atoms with Gasteiger partial charge in [-0.15, -0.1) is 11.3 Å². The number of nitrogens with zero attached hydrogens (tertiary/aromatic N) is 1. The summed E-state index contributed by atoms with van der Waals surface area (Å²) in [6.07, 6.45) is 1.13. The Bertz CT molecular complexity index is 377. The lowest BCUT2D eigenvalue weighted by Gasteiger charge is -2.20. The van der Waals surface area contributed by atoms with E-state index in [2.05, 4.69) is 60.8 Å². The molecule has 1 heterocycles. The fourth-order valence-corrected chi connectivity index (χ4v) is 2.49. The molecule has 0 saturated carbocycles. The molecule has 0 aromatic carbocycles. The summed E-state index contributed by atoms with van der Waals surface area (Å²) < 4.78 is 0. The molecule has 0 spiro atoms. The zero-order valence-electron chi connectivity index (χ0n) is 12.8. The Morgan fingerprint density at radius 1 is 1.37 bits per heavy atom. The molecule has 0 aliphatic heterocycles. The van der Waals surface area contributed by atoms with Gasteiger partial charge in [0.25, 0.3) is 0 Å². The van der Waals surface area contributed by atoms with Gasteiger partial charge >= 0.3 is 0 Å². The Morgan fingerprint density at radius 3 is 2.63 bits per heavy atom. The second kappa shape index (κ2) is 7.53. The van der Waals surface area contributed by atoms with Crippen LogP contribution in [0.2, 0.25) is 0 Å². The Balaban J connectivity index is 2.29. The summed E-state index contributed by atoms with van der Waals surface area (Å²) >= 11 is 1.81. The largest absolute Gasteiger partial charge is 0.356 e. The number of nitrogens with one attached hydrogen (secondary N) is 2. The maximum atomic E-state index is 4.26. The molecule has 0 aliphatic carbocycles. The van der Waals surface area contributed by atoms with Crippen molar-refractivity contribution in [3.05, 3.63) is 22.4 Å². The van der Waals surface area contributed by atoms with E-state index in [0.717, 1.165) is 25.5 Å². The molecule has 0 amide bonds. The van der Waals surface area contributed by atoms with Crippen molar-refractivity contribution < 1.29 is 0 Å². The predicted octanol–water partition coefficient (Wildman–Crippen LogP) is 3.45. The van der Waals surface area contributed by atoms with Crippen molar-refractivity contribution in [1.82, 2.24) is 10.6 Å². The van der Waals surface area contributed by atoms with Crippen molar-refractivity contribution in [1.29, 1.82) is 0 Å². The van der Waals surface area contributed by atoms with Crippen molar-refractivity contribution in [3.8, 4) is 0 Å². The van der Waals surface area contributed by atoms with Gasteiger partial charge < -0.3 is 10.6 Å². The molecule has 108 valence electrons. The van der Waals surface area contributed by atoms with Crippen LogP contribution in [-0.2, 0) is 0 Å². The lowest BCUT2D eigenvalue weighted by Crippen LogP contribution is -2.40. The average molecular weight is 281 g/mol. The highest BCUT2D eigenvalue weighted by molar-refractivity contribution is 7.10. The Kier molecular flexibility index (Phi) is 6.35. The van der Waals surface area contributed by atoms with Gasteiger partial charge in [-0.05, 0) is 23.3 Å². The van der Waals surface area contributed by atoms with E-state index in [1.165, 1.54) is 4.88 Å². The molecule has 2 N–H and O–H groups in total. The first-order valence-electron chi connectivity index (χ1n) is 6.90. The summed E-state index contributed by atoms with van der Waals surface area (Å²) in [6, 6.07) is 4.29. The Hall–Kier alpha value is -1.03. The zero-order chi connectivity index (χ0) is 14.3. The molecule has 19 heavy (non-hydrogen) atoms. The van der Waals surface area contributed by atoms with E-state index in [1.54, 1.807) is 0 Å². The molecule has 1 atom stereocenters. The van der Waals surface area contributed by atoms with E-state index >= 15 is 0 Å². The fraction of sp³-hybridized carbons (Fsp3) is 0.667. The minimum absolute atomic E-state index is 0.357. The lowest BCUT2D eigenvalue weighted by molar-refractivity contribution is 0.377. The molecule has 0 bridgehead atoms. The van der Waals surface area contributed by atoms with Crippen LogP contribution in [0.3, 0.4) is 0 Å². The third-order valence-electron chi connectivity index (χ3n) is 3.00. The average Bonchev–Trinajstić information content (AvgIpc) is 2.85. The molecule has 1 unspecified atom stereocenters. The van der Waals surface area contributed by atoms with Crippen LogP contribution in [0.5, 0.6) is 0 Å². The highest BCUT2D eigenvalue weighted by atomic mass is 32.1. The van der Waals surface area contributed by atoms with E-state index in [1.807, 2.05) is 18.4 Å². The third kappa shape index (κ3) is 6.62. The normalized spacial score (nSPS) is 14.3. The van der Waals surface area contributed by atoms with Crippen LogP contribution < -0.4 is 10.6 Å². The number of hydrogen-bond acceptors (Lipinski definition) is 2. The maximum Gasteiger partial charge on any atom is 0.190 e. The lowest BCUT2D eigenvalue weighted by atomic mass is 9.92. The molecule has 0 aliphatic rings. The second-order valence-electron chi connectivity index (χ2n) is 6.11. The number of hydrogen-bond donors (Lipinski definition) is 2. The first kappa shape index (κ1) is 16.0. The number of thiophene rings is 1. The van der Waals surface area contributed by atoms with Gasteiger partial charge in [-0.25, -0.2) is 0 Å². The number of rotatable bonds is 5. The molecule has 3 nitrogen and oxygen atoms in total. The van der Waals surface area contributed by atoms with E-state index in [4.69, 9.17) is 0 Å². The Labute approximate surface area is 121 Å². The van der Waals surface area contributed by atoms with Gasteiger partial charge in [-0.3, -0.25) is 4.99 Å². The smallest absolute Gasteiger partial charge is 0.190 e. The van der Waals surface area contributed by atoms with Gasteiger partial charge in [-0.2, -0.15) is 0 Å². The van der Waals surface area contributed by atoms with Crippen molar-refractivity contribution in [3.63, 3.8) is 0 Å². The number of guanidine groups is 1. The van der Waals surface area contributed by atoms with Crippen LogP contribution in [0.4, 0.5) is 0 Å². The summed E-state index contributed by atoms with van der Waals surface area (Å²) in [5.41, 5.74) is 0.357. The van der Waals surface area contributed by atoms with Crippen LogP contribution in [0.1, 0.15) is 44.9 Å². The summed E-state index contributed by atoms with van der Waals surface area (Å²) in [5, 5.41) is 8.89. The second-order valence-corrected chi connectivity index (χ2v) is 7.09. The highest BCUT2D eigenvalue weighted by Crippen LogP contribution is 2.19. The molecule has 1 aromatic heterocycles. The summed E-state index contributed by atoms with van der Waals surface area (Å²) in [4.78, 5) is 5.67. The van der Waals surface area contributed by atoms with E-state index in [9.17, 15) is 0 Å². The molecule has 1 aromatic rings. The summed E-state index contributed by atoms with van der Waals surface area (Å²) in [6.45, 7) is 10.9. The first-order chi connectivity index (χ1) is 8.92. The summed E-state index contributed by atoms with van der Waals surface area (Å²) in [7, 11) is 1.82. The van der Waals surface area contributed by atoms with Gasteiger partial charge in [0.1, 0.15) is 0 Å². The fourth-order valence-electron chi connectivity index (χ4n) is 1.70. The van der Waals surface area contributed by atoms with Gasteiger partial charge in [0.05, 0.1) is 0 Å². The van der Waals surface area contributed by atoms with Crippen LogP contribution in [0.15, 0.2) is 22.5 Å². The third-order valence-corrected chi connectivity index (χ3v) is 4.10. The predicted molar refractivity (Wildman–Crippen MR) is 86.2 cm³/mol. The first-order valence-corrected chi connectivity index (χ1v) is 7.78. The minimum Gasteiger partial charge on any atom is -0.356 e. The Morgan fingerprint density at radius 2 is 2.11 bits per heavy atom. The molecule has 1 rings (SSSR count). The van der Waals surface area contributed by atoms with Gasteiger partial charge in [-0.1, -0.05) is 33.8 Å². The van der Waals surface area contributed by atoms with Crippen molar-refractivity contribution in [2.75, 3.05) is 20.1 Å². The van der Waals surface area contributed by atoms with Gasteiger partial charge in [0.2, 0.25) is 0 Å². The molecular formula is C15H27N3S. The topological polar surface area (TPSA) is 36.4 Å². The molecule has 0 radical (unpaired) electrons. The zero-order valence-corrected chi connectivity index (χ0v) is 13.6. The minimum atomic E-state index is 0.357.